The third kappa shape index (κ3) is 4.29. The molecule has 0 fully saturated rings. The molecule has 0 bridgehead atoms. The van der Waals surface area contributed by atoms with Crippen LogP contribution in [0, 0.1) is 0 Å². The van der Waals surface area contributed by atoms with Crippen LogP contribution in [0.1, 0.15) is 0 Å². The lowest BCUT2D eigenvalue weighted by Crippen LogP contribution is -2.20. The highest BCUT2D eigenvalue weighted by molar-refractivity contribution is 6.33. The van der Waals surface area contributed by atoms with Gasteiger partial charge in [0.15, 0.2) is 0 Å². The van der Waals surface area contributed by atoms with Crippen molar-refractivity contribution in [2.45, 2.75) is 0 Å². The second-order valence-electron chi connectivity index (χ2n) is 2.91. The molecule has 0 unspecified atom stereocenters. The molecule has 0 spiro atoms. The van der Waals surface area contributed by atoms with Crippen LogP contribution in [-0.4, -0.2) is 30.2 Å². The highest BCUT2D eigenvalue weighted by Crippen LogP contribution is 2.19. The van der Waals surface area contributed by atoms with Crippen molar-refractivity contribution in [1.82, 2.24) is 0 Å². The molecule has 1 rings (SSSR count). The van der Waals surface area contributed by atoms with Crippen molar-refractivity contribution in [2.75, 3.05) is 18.5 Å². The molecular formula is C10H10ClNO4. The molecule has 0 saturated heterocycles. The van der Waals surface area contributed by atoms with Gasteiger partial charge in [-0.2, -0.15) is 0 Å². The fourth-order valence-electron chi connectivity index (χ4n) is 0.980. The predicted octanol–water partition coefficient (Wildman–Crippen LogP) is 1.38. The van der Waals surface area contributed by atoms with E-state index in [1.54, 1.807) is 24.3 Å². The van der Waals surface area contributed by atoms with Gasteiger partial charge in [0, 0.05) is 0 Å². The van der Waals surface area contributed by atoms with Crippen molar-refractivity contribution in [3.8, 4) is 0 Å². The molecule has 0 aliphatic carbocycles. The monoisotopic (exact) mass is 243 g/mol. The summed E-state index contributed by atoms with van der Waals surface area (Å²) in [5.74, 6) is -1.57. The number of carboxylic acids is 1. The number of anilines is 1. The summed E-state index contributed by atoms with van der Waals surface area (Å²) in [6, 6.07) is 6.73. The Hall–Kier alpha value is -1.59. The molecule has 2 N–H and O–H groups in total. The lowest BCUT2D eigenvalue weighted by molar-refractivity contribution is -0.143. The summed E-state index contributed by atoms with van der Waals surface area (Å²) in [5.41, 5.74) is 0.466. The van der Waals surface area contributed by atoms with Gasteiger partial charge >= 0.3 is 5.97 Å². The average Bonchev–Trinajstić information content (AvgIpc) is 2.21. The van der Waals surface area contributed by atoms with Gasteiger partial charge in [-0.1, -0.05) is 23.7 Å². The molecule has 5 nitrogen and oxygen atoms in total. The molecule has 0 saturated carbocycles. The maximum atomic E-state index is 11.3. The normalized spacial score (nSPS) is 9.81. The Morgan fingerprint density at radius 1 is 1.31 bits per heavy atom. The SMILES string of the molecule is O=C(O)COCC(=O)Nc1ccccc1Cl. The summed E-state index contributed by atoms with van der Waals surface area (Å²) in [6.07, 6.45) is 0. The van der Waals surface area contributed by atoms with Crippen LogP contribution < -0.4 is 5.32 Å². The smallest absolute Gasteiger partial charge is 0.329 e. The number of carboxylic acid groups (broad SMARTS) is 1. The lowest BCUT2D eigenvalue weighted by Gasteiger charge is -2.06. The number of nitrogens with one attached hydrogen (secondary N) is 1. The number of halogens is 1. The maximum Gasteiger partial charge on any atom is 0.329 e. The van der Waals surface area contributed by atoms with Crippen LogP contribution >= 0.6 is 11.6 Å². The third-order valence-corrected chi connectivity index (χ3v) is 1.94. The van der Waals surface area contributed by atoms with Gasteiger partial charge in [-0.15, -0.1) is 0 Å². The maximum absolute atomic E-state index is 11.3. The minimum atomic E-state index is -1.12. The molecule has 0 radical (unpaired) electrons. The number of carbonyl (C=O) groups is 2. The number of amides is 1. The summed E-state index contributed by atoms with van der Waals surface area (Å²) in [6.45, 7) is -0.826. The number of hydrogen-bond donors (Lipinski definition) is 2. The van der Waals surface area contributed by atoms with E-state index in [4.69, 9.17) is 16.7 Å². The van der Waals surface area contributed by atoms with E-state index in [1.807, 2.05) is 0 Å². The highest BCUT2D eigenvalue weighted by atomic mass is 35.5. The lowest BCUT2D eigenvalue weighted by atomic mass is 10.3. The van der Waals surface area contributed by atoms with Crippen molar-refractivity contribution in [3.05, 3.63) is 29.3 Å². The molecule has 1 aromatic carbocycles. The zero-order chi connectivity index (χ0) is 12.0. The molecule has 0 atom stereocenters. The van der Waals surface area contributed by atoms with E-state index in [0.717, 1.165) is 0 Å². The summed E-state index contributed by atoms with van der Waals surface area (Å²) in [4.78, 5) is 21.4. The van der Waals surface area contributed by atoms with Crippen LogP contribution in [0.2, 0.25) is 5.02 Å². The zero-order valence-electron chi connectivity index (χ0n) is 8.27. The van der Waals surface area contributed by atoms with Crippen molar-refractivity contribution >= 4 is 29.2 Å². The first-order valence-corrected chi connectivity index (χ1v) is 4.81. The Bertz CT molecular complexity index is 394. The zero-order valence-corrected chi connectivity index (χ0v) is 9.03. The second kappa shape index (κ2) is 6.09. The Morgan fingerprint density at radius 3 is 2.62 bits per heavy atom. The van der Waals surface area contributed by atoms with Crippen molar-refractivity contribution in [3.63, 3.8) is 0 Å². The first kappa shape index (κ1) is 12.5. The van der Waals surface area contributed by atoms with E-state index in [2.05, 4.69) is 10.1 Å². The fraction of sp³-hybridized carbons (Fsp3) is 0.200. The molecule has 16 heavy (non-hydrogen) atoms. The van der Waals surface area contributed by atoms with Crippen LogP contribution in [-0.2, 0) is 14.3 Å². The number of hydrogen-bond acceptors (Lipinski definition) is 3. The summed E-state index contributed by atoms with van der Waals surface area (Å²) in [7, 11) is 0. The summed E-state index contributed by atoms with van der Waals surface area (Å²) in [5, 5.41) is 11.2. The van der Waals surface area contributed by atoms with Crippen LogP contribution in [0.5, 0.6) is 0 Å². The predicted molar refractivity (Wildman–Crippen MR) is 58.5 cm³/mol. The molecule has 0 aliphatic rings. The van der Waals surface area contributed by atoms with Gasteiger partial charge in [-0.25, -0.2) is 4.79 Å². The van der Waals surface area contributed by atoms with Gasteiger partial charge in [0.1, 0.15) is 13.2 Å². The van der Waals surface area contributed by atoms with Crippen molar-refractivity contribution in [2.24, 2.45) is 0 Å². The van der Waals surface area contributed by atoms with E-state index in [9.17, 15) is 9.59 Å². The van der Waals surface area contributed by atoms with Crippen LogP contribution in [0.4, 0.5) is 5.69 Å². The van der Waals surface area contributed by atoms with Crippen molar-refractivity contribution < 1.29 is 19.4 Å². The number of para-hydroxylation sites is 1. The second-order valence-corrected chi connectivity index (χ2v) is 3.32. The molecule has 0 aliphatic heterocycles. The highest BCUT2D eigenvalue weighted by Gasteiger charge is 2.06. The largest absolute Gasteiger partial charge is 0.480 e. The van der Waals surface area contributed by atoms with Crippen molar-refractivity contribution in [1.29, 1.82) is 0 Å². The van der Waals surface area contributed by atoms with Gasteiger partial charge in [0.2, 0.25) is 5.91 Å². The van der Waals surface area contributed by atoms with E-state index in [-0.39, 0.29) is 6.61 Å². The molecule has 0 aromatic heterocycles. The Kier molecular flexibility index (Phi) is 4.75. The number of benzene rings is 1. The number of ether oxygens (including phenoxy) is 1. The van der Waals surface area contributed by atoms with Crippen LogP contribution in [0.25, 0.3) is 0 Å². The van der Waals surface area contributed by atoms with Gasteiger partial charge in [-0.05, 0) is 12.1 Å². The molecule has 1 amide bonds. The number of carbonyl (C=O) groups excluding carboxylic acids is 1. The third-order valence-electron chi connectivity index (χ3n) is 1.61. The Morgan fingerprint density at radius 2 is 2.00 bits per heavy atom. The Labute approximate surface area is 97.0 Å². The van der Waals surface area contributed by atoms with Crippen LogP contribution in [0.15, 0.2) is 24.3 Å². The topological polar surface area (TPSA) is 75.6 Å². The van der Waals surface area contributed by atoms with Gasteiger partial charge in [-0.3, -0.25) is 4.79 Å². The average molecular weight is 244 g/mol. The molecule has 86 valence electrons. The van der Waals surface area contributed by atoms with E-state index < -0.39 is 18.5 Å². The Balaban J connectivity index is 2.40. The van der Waals surface area contributed by atoms with E-state index in [1.165, 1.54) is 0 Å². The van der Waals surface area contributed by atoms with Gasteiger partial charge < -0.3 is 15.2 Å². The summed E-state index contributed by atoms with van der Waals surface area (Å²) < 4.78 is 4.61. The first-order chi connectivity index (χ1) is 7.59. The minimum absolute atomic E-state index is 0.322. The first-order valence-electron chi connectivity index (χ1n) is 4.43. The van der Waals surface area contributed by atoms with E-state index >= 15 is 0 Å². The number of aliphatic carboxylic acids is 1. The van der Waals surface area contributed by atoms with Gasteiger partial charge in [0.25, 0.3) is 0 Å². The summed E-state index contributed by atoms with van der Waals surface area (Å²) >= 11 is 5.80. The fourth-order valence-corrected chi connectivity index (χ4v) is 1.16. The molecule has 1 aromatic rings. The van der Waals surface area contributed by atoms with E-state index in [0.29, 0.717) is 10.7 Å². The molecular weight excluding hydrogens is 234 g/mol. The number of rotatable bonds is 5. The van der Waals surface area contributed by atoms with Crippen LogP contribution in [0.3, 0.4) is 0 Å². The minimum Gasteiger partial charge on any atom is -0.480 e. The molecule has 0 heterocycles. The van der Waals surface area contributed by atoms with Gasteiger partial charge in [0.05, 0.1) is 10.7 Å². The standard InChI is InChI=1S/C10H10ClNO4/c11-7-3-1-2-4-8(7)12-9(13)5-16-6-10(14)15/h1-4H,5-6H2,(H,12,13)(H,14,15). The quantitative estimate of drug-likeness (QED) is 0.819. The molecule has 6 heteroatoms.